The molecule has 0 aliphatic heterocycles. The second kappa shape index (κ2) is 10.1. The van der Waals surface area contributed by atoms with Crippen LogP contribution in [0.3, 0.4) is 0 Å². The van der Waals surface area contributed by atoms with Gasteiger partial charge in [0.05, 0.1) is 18.0 Å². The molecule has 2 heterocycles. The highest BCUT2D eigenvalue weighted by molar-refractivity contribution is 5.85. The number of carbonyl (C=O) groups is 2. The molecule has 1 N–H and O–H groups in total. The summed E-state index contributed by atoms with van der Waals surface area (Å²) in [4.78, 5) is 29.6. The van der Waals surface area contributed by atoms with Gasteiger partial charge in [-0.15, -0.1) is 10.2 Å². The van der Waals surface area contributed by atoms with Gasteiger partial charge < -0.3 is 9.84 Å². The normalized spacial score (nSPS) is 10.2. The summed E-state index contributed by atoms with van der Waals surface area (Å²) < 4.78 is 7.86. The number of carboxylic acid groups (broad SMARTS) is 1. The van der Waals surface area contributed by atoms with Crippen molar-refractivity contribution in [2.75, 3.05) is 6.61 Å². The number of carbonyl (C=O) groups excluding carboxylic acids is 1. The fraction of sp³-hybridized carbons (Fsp3) is 0.182. The first kappa shape index (κ1) is 22.3. The number of nitrogens with zero attached hydrogens (tertiary/aromatic N) is 6. The van der Waals surface area contributed by atoms with E-state index in [1.165, 1.54) is 17.3 Å². The Labute approximate surface area is 184 Å². The first-order valence-corrected chi connectivity index (χ1v) is 9.76. The van der Waals surface area contributed by atoms with Crippen molar-refractivity contribution in [1.82, 2.24) is 29.5 Å². The zero-order chi connectivity index (χ0) is 23.1. The molecule has 0 unspecified atom stereocenters. The number of benzene rings is 2. The number of ether oxygens (including phenoxy) is 1. The monoisotopic (exact) mass is 434 g/mol. The highest BCUT2D eigenvalue weighted by Gasteiger charge is 2.13. The Morgan fingerprint density at radius 2 is 1.31 bits per heavy atom. The molecule has 10 nitrogen and oxygen atoms in total. The molecule has 32 heavy (non-hydrogen) atoms. The largest absolute Gasteiger partial charge is 0.475 e. The number of carboxylic acids is 1. The maximum atomic E-state index is 11.4. The van der Waals surface area contributed by atoms with Crippen LogP contribution in [0.5, 0.6) is 0 Å². The molecule has 0 aliphatic carbocycles. The minimum absolute atomic E-state index is 0.0788. The molecular weight excluding hydrogens is 412 g/mol. The van der Waals surface area contributed by atoms with Gasteiger partial charge in [0.2, 0.25) is 0 Å². The van der Waals surface area contributed by atoms with Crippen molar-refractivity contribution in [2.45, 2.75) is 20.8 Å². The molecule has 0 amide bonds. The van der Waals surface area contributed by atoms with Crippen molar-refractivity contribution >= 4 is 11.9 Å². The molecule has 0 spiro atoms. The summed E-state index contributed by atoms with van der Waals surface area (Å²) in [6.45, 7) is 5.96. The van der Waals surface area contributed by atoms with Crippen LogP contribution < -0.4 is 0 Å². The third-order valence-corrected chi connectivity index (χ3v) is 4.36. The van der Waals surface area contributed by atoms with Gasteiger partial charge in [0.1, 0.15) is 12.7 Å². The number of hydrogen-bond donors (Lipinski definition) is 1. The summed E-state index contributed by atoms with van der Waals surface area (Å²) in [7, 11) is 0. The number of aromatic carboxylic acids is 1. The van der Waals surface area contributed by atoms with E-state index in [1.54, 1.807) is 11.6 Å². The van der Waals surface area contributed by atoms with Gasteiger partial charge in [-0.25, -0.2) is 28.9 Å². The van der Waals surface area contributed by atoms with Gasteiger partial charge in [0.25, 0.3) is 11.6 Å². The molecule has 0 saturated heterocycles. The van der Waals surface area contributed by atoms with E-state index >= 15 is 0 Å². The Bertz CT molecular complexity index is 1230. The molecule has 0 saturated carbocycles. The molecule has 0 atom stereocenters. The van der Waals surface area contributed by atoms with Gasteiger partial charge in [-0.05, 0) is 44.0 Å². The average molecular weight is 434 g/mol. The van der Waals surface area contributed by atoms with Crippen molar-refractivity contribution in [3.63, 3.8) is 0 Å². The Hall–Kier alpha value is -4.34. The predicted octanol–water partition coefficient (Wildman–Crippen LogP) is 3.03. The standard InChI is InChI=1S/C12H13N3O2.C10H9N3O2/c1-3-17-12(16)11-13-8-15(14-11)10-7-5-4-6-9(10)2;1-7-4-2-3-5-8(7)13-6-11-9(12-13)10(14)15/h4-8H,3H2,1-2H3;2-6H,1H3,(H,14,15). The van der Waals surface area contributed by atoms with Crippen LogP contribution in [-0.2, 0) is 4.74 Å². The second-order valence-corrected chi connectivity index (χ2v) is 6.62. The first-order valence-electron chi connectivity index (χ1n) is 9.76. The SMILES string of the molecule is CCOC(=O)c1ncn(-c2ccccc2C)n1.Cc1ccccc1-n1cnc(C(=O)O)n1. The lowest BCUT2D eigenvalue weighted by Crippen LogP contribution is -2.08. The maximum Gasteiger partial charge on any atom is 0.378 e. The average Bonchev–Trinajstić information content (AvgIpc) is 3.46. The number of esters is 1. The summed E-state index contributed by atoms with van der Waals surface area (Å²) in [5.41, 5.74) is 3.81. The number of para-hydroxylation sites is 2. The van der Waals surface area contributed by atoms with E-state index in [0.717, 1.165) is 22.5 Å². The van der Waals surface area contributed by atoms with E-state index in [9.17, 15) is 9.59 Å². The van der Waals surface area contributed by atoms with Crippen molar-refractivity contribution in [1.29, 1.82) is 0 Å². The van der Waals surface area contributed by atoms with Gasteiger partial charge in [-0.2, -0.15) is 0 Å². The Morgan fingerprint density at radius 3 is 1.75 bits per heavy atom. The summed E-state index contributed by atoms with van der Waals surface area (Å²) >= 11 is 0. The van der Waals surface area contributed by atoms with Crippen LogP contribution in [0.15, 0.2) is 61.2 Å². The summed E-state index contributed by atoms with van der Waals surface area (Å²) in [5.74, 6) is -1.74. The molecule has 2 aromatic carbocycles. The third-order valence-electron chi connectivity index (χ3n) is 4.36. The zero-order valence-electron chi connectivity index (χ0n) is 17.8. The summed E-state index contributed by atoms with van der Waals surface area (Å²) in [5, 5.41) is 16.6. The molecule has 4 rings (SSSR count). The molecule has 164 valence electrons. The molecule has 0 radical (unpaired) electrons. The summed E-state index contributed by atoms with van der Waals surface area (Å²) in [6.07, 6.45) is 2.90. The summed E-state index contributed by atoms with van der Waals surface area (Å²) in [6, 6.07) is 15.3. The predicted molar refractivity (Wildman–Crippen MR) is 115 cm³/mol. The maximum absolute atomic E-state index is 11.4. The lowest BCUT2D eigenvalue weighted by molar-refractivity contribution is 0.0511. The van der Waals surface area contributed by atoms with E-state index in [0.29, 0.717) is 6.61 Å². The molecule has 0 bridgehead atoms. The Morgan fingerprint density at radius 1 is 0.844 bits per heavy atom. The van der Waals surface area contributed by atoms with Crippen LogP contribution >= 0.6 is 0 Å². The van der Waals surface area contributed by atoms with E-state index < -0.39 is 11.9 Å². The van der Waals surface area contributed by atoms with Gasteiger partial charge in [0, 0.05) is 0 Å². The Balaban J connectivity index is 0.000000182. The quantitative estimate of drug-likeness (QED) is 0.475. The topological polar surface area (TPSA) is 125 Å². The molecule has 0 fully saturated rings. The van der Waals surface area contributed by atoms with E-state index in [4.69, 9.17) is 9.84 Å². The van der Waals surface area contributed by atoms with E-state index in [-0.39, 0.29) is 11.6 Å². The van der Waals surface area contributed by atoms with Crippen LogP contribution in [0.1, 0.15) is 39.3 Å². The number of rotatable bonds is 5. The van der Waals surface area contributed by atoms with Crippen LogP contribution in [0.2, 0.25) is 0 Å². The fourth-order valence-corrected chi connectivity index (χ4v) is 2.79. The molecule has 2 aromatic heterocycles. The number of aromatic nitrogens is 6. The Kier molecular flexibility index (Phi) is 7.06. The van der Waals surface area contributed by atoms with Crippen molar-refractivity contribution < 1.29 is 19.4 Å². The van der Waals surface area contributed by atoms with E-state index in [2.05, 4.69) is 20.2 Å². The van der Waals surface area contributed by atoms with Crippen molar-refractivity contribution in [3.05, 3.63) is 84.0 Å². The fourth-order valence-electron chi connectivity index (χ4n) is 2.79. The van der Waals surface area contributed by atoms with E-state index in [1.807, 2.05) is 62.4 Å². The van der Waals surface area contributed by atoms with Gasteiger partial charge in [0.15, 0.2) is 0 Å². The van der Waals surface area contributed by atoms with Gasteiger partial charge >= 0.3 is 11.9 Å². The minimum atomic E-state index is -1.12. The van der Waals surface area contributed by atoms with Crippen LogP contribution in [0.4, 0.5) is 0 Å². The molecular formula is C22H22N6O4. The number of aryl methyl sites for hydroxylation is 2. The van der Waals surface area contributed by atoms with Crippen molar-refractivity contribution in [2.24, 2.45) is 0 Å². The third kappa shape index (κ3) is 5.22. The van der Waals surface area contributed by atoms with Gasteiger partial charge in [-0.3, -0.25) is 0 Å². The number of hydrogen-bond acceptors (Lipinski definition) is 7. The van der Waals surface area contributed by atoms with Crippen molar-refractivity contribution in [3.8, 4) is 11.4 Å². The van der Waals surface area contributed by atoms with Crippen LogP contribution in [-0.4, -0.2) is 53.2 Å². The first-order chi connectivity index (χ1) is 15.4. The van der Waals surface area contributed by atoms with Crippen LogP contribution in [0.25, 0.3) is 11.4 Å². The highest BCUT2D eigenvalue weighted by Crippen LogP contribution is 2.12. The molecule has 0 aliphatic rings. The zero-order valence-corrected chi connectivity index (χ0v) is 17.8. The highest BCUT2D eigenvalue weighted by atomic mass is 16.5. The molecule has 4 aromatic rings. The van der Waals surface area contributed by atoms with Gasteiger partial charge in [-0.1, -0.05) is 36.4 Å². The smallest absolute Gasteiger partial charge is 0.378 e. The minimum Gasteiger partial charge on any atom is -0.475 e. The molecule has 10 heteroatoms. The second-order valence-electron chi connectivity index (χ2n) is 6.62. The van der Waals surface area contributed by atoms with Crippen LogP contribution in [0, 0.1) is 13.8 Å². The lowest BCUT2D eigenvalue weighted by atomic mass is 10.2. The lowest BCUT2D eigenvalue weighted by Gasteiger charge is -2.03.